The molecule has 0 saturated carbocycles. The fourth-order valence-corrected chi connectivity index (χ4v) is 3.59. The van der Waals surface area contributed by atoms with Crippen LogP contribution in [-0.4, -0.2) is 24.7 Å². The predicted octanol–water partition coefficient (Wildman–Crippen LogP) is 4.60. The molecule has 1 fully saturated rings. The fraction of sp³-hybridized carbons (Fsp3) is 0.412. The monoisotopic (exact) mass is 337 g/mol. The van der Waals surface area contributed by atoms with Crippen LogP contribution in [0.2, 0.25) is 0 Å². The van der Waals surface area contributed by atoms with Crippen LogP contribution in [0.5, 0.6) is 5.88 Å². The SMILES string of the molecule is CCOc1nc(-c2cc(F)c(N3CC[CH]CC3)c(F)c2)sc1C. The molecule has 0 bridgehead atoms. The Bertz CT molecular complexity index is 673. The summed E-state index contributed by atoms with van der Waals surface area (Å²) in [5.74, 6) is -0.538. The van der Waals surface area contributed by atoms with Gasteiger partial charge in [-0.15, -0.1) is 11.3 Å². The molecule has 1 aromatic carbocycles. The number of aromatic nitrogens is 1. The fourth-order valence-electron chi connectivity index (χ4n) is 2.74. The van der Waals surface area contributed by atoms with Gasteiger partial charge in [-0.3, -0.25) is 0 Å². The molecule has 23 heavy (non-hydrogen) atoms. The minimum Gasteiger partial charge on any atom is -0.477 e. The van der Waals surface area contributed by atoms with Gasteiger partial charge in [0.15, 0.2) is 0 Å². The van der Waals surface area contributed by atoms with Gasteiger partial charge in [0.1, 0.15) is 22.3 Å². The number of hydrogen-bond donors (Lipinski definition) is 0. The van der Waals surface area contributed by atoms with Crippen molar-refractivity contribution in [3.8, 4) is 16.5 Å². The van der Waals surface area contributed by atoms with Gasteiger partial charge in [0.05, 0.1) is 11.5 Å². The van der Waals surface area contributed by atoms with Gasteiger partial charge in [-0.2, -0.15) is 0 Å². The molecule has 6 heteroatoms. The largest absolute Gasteiger partial charge is 0.477 e. The normalized spacial score (nSPS) is 15.0. The zero-order valence-corrected chi connectivity index (χ0v) is 14.1. The molecule has 0 spiro atoms. The summed E-state index contributed by atoms with van der Waals surface area (Å²) in [5.41, 5.74) is 0.520. The molecule has 1 aliphatic rings. The molecule has 0 atom stereocenters. The van der Waals surface area contributed by atoms with E-state index in [1.807, 2.05) is 13.8 Å². The third-order valence-electron chi connectivity index (χ3n) is 3.82. The first kappa shape index (κ1) is 16.2. The maximum absolute atomic E-state index is 14.5. The van der Waals surface area contributed by atoms with Gasteiger partial charge < -0.3 is 9.64 Å². The highest BCUT2D eigenvalue weighted by molar-refractivity contribution is 7.15. The molecule has 1 saturated heterocycles. The molecule has 0 N–H and O–H groups in total. The van der Waals surface area contributed by atoms with E-state index in [1.165, 1.54) is 23.5 Å². The Labute approximate surface area is 138 Å². The summed E-state index contributed by atoms with van der Waals surface area (Å²) in [6.07, 6.45) is 3.85. The van der Waals surface area contributed by atoms with Gasteiger partial charge in [-0.25, -0.2) is 13.8 Å². The van der Waals surface area contributed by atoms with Crippen molar-refractivity contribution in [3.63, 3.8) is 0 Å². The summed E-state index contributed by atoms with van der Waals surface area (Å²) in [6, 6.07) is 2.73. The summed E-state index contributed by atoms with van der Waals surface area (Å²) < 4.78 is 34.4. The van der Waals surface area contributed by atoms with E-state index in [0.29, 0.717) is 36.1 Å². The molecule has 3 nitrogen and oxygen atoms in total. The number of hydrogen-bond acceptors (Lipinski definition) is 4. The van der Waals surface area contributed by atoms with E-state index < -0.39 is 11.6 Å². The van der Waals surface area contributed by atoms with Gasteiger partial charge in [0.2, 0.25) is 5.88 Å². The second-order valence-corrected chi connectivity index (χ2v) is 6.66. The highest BCUT2D eigenvalue weighted by Crippen LogP contribution is 2.35. The quantitative estimate of drug-likeness (QED) is 0.815. The molecule has 1 aliphatic heterocycles. The Kier molecular flexibility index (Phi) is 4.80. The molecule has 0 aliphatic carbocycles. The van der Waals surface area contributed by atoms with Crippen molar-refractivity contribution in [2.45, 2.75) is 26.7 Å². The number of ether oxygens (including phenoxy) is 1. The van der Waals surface area contributed by atoms with Crippen LogP contribution in [-0.2, 0) is 0 Å². The number of halogens is 2. The average molecular weight is 337 g/mol. The molecule has 1 aromatic heterocycles. The first-order chi connectivity index (χ1) is 11.1. The molecule has 0 amide bonds. The standard InChI is InChI=1S/C17H19F2N2OS/c1-3-22-16-11(2)23-17(20-16)12-9-13(18)15(14(19)10-12)21-7-5-4-6-8-21/h4,9-10H,3,5-8H2,1-2H3. The minimum atomic E-state index is -0.535. The molecule has 2 heterocycles. The molecule has 2 aromatic rings. The molecule has 1 radical (unpaired) electrons. The van der Waals surface area contributed by atoms with E-state index in [4.69, 9.17) is 4.74 Å². The van der Waals surface area contributed by atoms with Gasteiger partial charge in [0, 0.05) is 18.7 Å². The maximum atomic E-state index is 14.5. The first-order valence-electron chi connectivity index (χ1n) is 7.76. The Morgan fingerprint density at radius 1 is 1.22 bits per heavy atom. The zero-order chi connectivity index (χ0) is 16.4. The Morgan fingerprint density at radius 3 is 2.48 bits per heavy atom. The number of aryl methyl sites for hydroxylation is 1. The van der Waals surface area contributed by atoms with Crippen LogP contribution >= 0.6 is 11.3 Å². The highest BCUT2D eigenvalue weighted by atomic mass is 32.1. The molecular weight excluding hydrogens is 318 g/mol. The third-order valence-corrected chi connectivity index (χ3v) is 4.82. The van der Waals surface area contributed by atoms with E-state index in [0.717, 1.165) is 17.7 Å². The summed E-state index contributed by atoms with van der Waals surface area (Å²) in [4.78, 5) is 7.01. The number of anilines is 1. The number of thiazole rings is 1. The number of piperidine rings is 1. The lowest BCUT2D eigenvalue weighted by molar-refractivity contribution is 0.327. The number of nitrogens with zero attached hydrogens (tertiary/aromatic N) is 2. The number of benzene rings is 1. The van der Waals surface area contributed by atoms with Crippen LogP contribution < -0.4 is 9.64 Å². The van der Waals surface area contributed by atoms with Crippen molar-refractivity contribution in [3.05, 3.63) is 35.1 Å². The Morgan fingerprint density at radius 2 is 1.87 bits per heavy atom. The zero-order valence-electron chi connectivity index (χ0n) is 13.2. The Hall–Kier alpha value is -1.69. The van der Waals surface area contributed by atoms with E-state index >= 15 is 0 Å². The molecule has 0 unspecified atom stereocenters. The van der Waals surface area contributed by atoms with Gasteiger partial charge in [-0.1, -0.05) is 0 Å². The van der Waals surface area contributed by atoms with Crippen molar-refractivity contribution in [2.75, 3.05) is 24.6 Å². The highest BCUT2D eigenvalue weighted by Gasteiger charge is 2.21. The summed E-state index contributed by atoms with van der Waals surface area (Å²) in [6.45, 7) is 5.58. The third kappa shape index (κ3) is 3.32. The van der Waals surface area contributed by atoms with Crippen LogP contribution in [0.25, 0.3) is 10.6 Å². The van der Waals surface area contributed by atoms with Crippen molar-refractivity contribution < 1.29 is 13.5 Å². The van der Waals surface area contributed by atoms with E-state index in [2.05, 4.69) is 11.4 Å². The smallest absolute Gasteiger partial charge is 0.227 e. The lowest BCUT2D eigenvalue weighted by Gasteiger charge is -2.29. The average Bonchev–Trinajstić information content (AvgIpc) is 2.89. The van der Waals surface area contributed by atoms with E-state index in [1.54, 1.807) is 4.90 Å². The van der Waals surface area contributed by atoms with E-state index in [9.17, 15) is 8.78 Å². The van der Waals surface area contributed by atoms with Gasteiger partial charge in [-0.05, 0) is 45.2 Å². The van der Waals surface area contributed by atoms with Gasteiger partial charge in [0.25, 0.3) is 0 Å². The van der Waals surface area contributed by atoms with Crippen molar-refractivity contribution in [1.82, 2.24) is 4.98 Å². The van der Waals surface area contributed by atoms with Crippen LogP contribution in [0.3, 0.4) is 0 Å². The molecular formula is C17H19F2N2OS. The molecule has 123 valence electrons. The van der Waals surface area contributed by atoms with Gasteiger partial charge >= 0.3 is 0 Å². The molecule has 3 rings (SSSR count). The van der Waals surface area contributed by atoms with Crippen LogP contribution in [0.15, 0.2) is 12.1 Å². The lowest BCUT2D eigenvalue weighted by atomic mass is 10.1. The maximum Gasteiger partial charge on any atom is 0.227 e. The van der Waals surface area contributed by atoms with Crippen LogP contribution in [0.4, 0.5) is 14.5 Å². The van der Waals surface area contributed by atoms with Crippen molar-refractivity contribution in [2.24, 2.45) is 0 Å². The summed E-state index contributed by atoms with van der Waals surface area (Å²) in [5, 5.41) is 0.572. The van der Waals surface area contributed by atoms with Crippen LogP contribution in [0.1, 0.15) is 24.6 Å². The first-order valence-corrected chi connectivity index (χ1v) is 8.58. The van der Waals surface area contributed by atoms with Crippen LogP contribution in [0, 0.1) is 25.0 Å². The van der Waals surface area contributed by atoms with E-state index in [-0.39, 0.29) is 5.69 Å². The lowest BCUT2D eigenvalue weighted by Crippen LogP contribution is -2.31. The summed E-state index contributed by atoms with van der Waals surface area (Å²) >= 11 is 1.38. The second kappa shape index (κ2) is 6.83. The van der Waals surface area contributed by atoms with Crippen molar-refractivity contribution >= 4 is 17.0 Å². The second-order valence-electron chi connectivity index (χ2n) is 5.45. The topological polar surface area (TPSA) is 25.4 Å². The predicted molar refractivity (Wildman–Crippen MR) is 89.1 cm³/mol. The Balaban J connectivity index is 1.94. The minimum absolute atomic E-state index is 0.0696. The number of rotatable bonds is 4. The van der Waals surface area contributed by atoms with Crippen molar-refractivity contribution in [1.29, 1.82) is 0 Å². The summed E-state index contributed by atoms with van der Waals surface area (Å²) in [7, 11) is 0.